The van der Waals surface area contributed by atoms with E-state index in [4.69, 9.17) is 0 Å². The highest BCUT2D eigenvalue weighted by molar-refractivity contribution is 9.10. The summed E-state index contributed by atoms with van der Waals surface area (Å²) in [5, 5.41) is 25.4. The van der Waals surface area contributed by atoms with E-state index in [9.17, 15) is 29.6 Å². The van der Waals surface area contributed by atoms with Gasteiger partial charge in [0.1, 0.15) is 5.56 Å². The highest BCUT2D eigenvalue weighted by atomic mass is 79.9. The summed E-state index contributed by atoms with van der Waals surface area (Å²) < 4.78 is 1.73. The van der Waals surface area contributed by atoms with Gasteiger partial charge in [-0.25, -0.2) is 14.8 Å². The molecule has 0 radical (unpaired) electrons. The Labute approximate surface area is 194 Å². The van der Waals surface area contributed by atoms with Crippen LogP contribution in [0.25, 0.3) is 5.69 Å². The number of aromatic amines is 1. The van der Waals surface area contributed by atoms with Crippen molar-refractivity contribution in [1.82, 2.24) is 15.0 Å². The van der Waals surface area contributed by atoms with E-state index in [1.165, 1.54) is 19.1 Å². The maximum absolute atomic E-state index is 12.4. The Morgan fingerprint density at radius 3 is 2.55 bits per heavy atom. The molecule has 0 aliphatic carbocycles. The van der Waals surface area contributed by atoms with Crippen LogP contribution in [0.1, 0.15) is 32.6 Å². The lowest BCUT2D eigenvalue weighted by Crippen LogP contribution is -2.32. The van der Waals surface area contributed by atoms with Gasteiger partial charge in [-0.15, -0.1) is 0 Å². The smallest absolute Gasteiger partial charge is 0.335 e. The number of aryl methyl sites for hydroxylation is 3. The summed E-state index contributed by atoms with van der Waals surface area (Å²) in [7, 11) is 0. The number of halogens is 1. The van der Waals surface area contributed by atoms with Crippen molar-refractivity contribution in [1.29, 1.82) is 0 Å². The molecule has 3 rings (SSSR count). The molecule has 0 aliphatic rings. The van der Waals surface area contributed by atoms with Crippen LogP contribution < -0.4 is 16.7 Å². The van der Waals surface area contributed by atoms with Crippen LogP contribution in [0.15, 0.2) is 49.5 Å². The van der Waals surface area contributed by atoms with Crippen molar-refractivity contribution in [3.8, 4) is 11.6 Å². The number of rotatable bonds is 5. The summed E-state index contributed by atoms with van der Waals surface area (Å²) in [6.07, 6.45) is 0.881. The zero-order chi connectivity index (χ0) is 24.4. The number of nitro groups is 1. The first-order valence-corrected chi connectivity index (χ1v) is 10.2. The largest absolute Gasteiger partial charge is 0.493 e. The number of amides is 1. The van der Waals surface area contributed by atoms with Gasteiger partial charge >= 0.3 is 5.69 Å². The van der Waals surface area contributed by atoms with Crippen molar-refractivity contribution in [2.45, 2.75) is 20.8 Å². The molecule has 0 saturated heterocycles. The van der Waals surface area contributed by atoms with Gasteiger partial charge in [-0.3, -0.25) is 24.7 Å². The topological polar surface area (TPSA) is 160 Å². The van der Waals surface area contributed by atoms with Crippen LogP contribution in [0.3, 0.4) is 0 Å². The number of aromatic hydroxyl groups is 1. The Kier molecular flexibility index (Phi) is 6.58. The van der Waals surface area contributed by atoms with Gasteiger partial charge in [0.25, 0.3) is 17.2 Å². The summed E-state index contributed by atoms with van der Waals surface area (Å²) >= 11 is 3.39. The number of nitrogens with one attached hydrogen (secondary N) is 2. The fourth-order valence-electron chi connectivity index (χ4n) is 3.05. The van der Waals surface area contributed by atoms with Gasteiger partial charge in [0.05, 0.1) is 16.8 Å². The molecule has 1 aromatic heterocycles. The Hall–Kier alpha value is -4.06. The predicted octanol–water partition coefficient (Wildman–Crippen LogP) is 2.59. The summed E-state index contributed by atoms with van der Waals surface area (Å²) in [5.74, 6) is -1.43. The van der Waals surface area contributed by atoms with Crippen molar-refractivity contribution in [3.63, 3.8) is 0 Å². The van der Waals surface area contributed by atoms with E-state index in [-0.39, 0.29) is 16.8 Å². The second kappa shape index (κ2) is 9.20. The lowest BCUT2D eigenvalue weighted by molar-refractivity contribution is -0.385. The summed E-state index contributed by atoms with van der Waals surface area (Å²) in [5.41, 5.74) is 1.93. The SMILES string of the molecule is Cc1cc(-n2c(O)c(C=NNC(=O)c3ccc(C)c([N+](=O)[O-])c3)c(=O)[nH]c2=O)c(C)cc1Br. The van der Waals surface area contributed by atoms with Crippen LogP contribution in [-0.4, -0.2) is 31.7 Å². The van der Waals surface area contributed by atoms with Gasteiger partial charge in [-0.2, -0.15) is 5.10 Å². The average molecular weight is 516 g/mol. The van der Waals surface area contributed by atoms with Gasteiger partial charge in [-0.05, 0) is 50.1 Å². The number of hydrazone groups is 1. The van der Waals surface area contributed by atoms with Crippen LogP contribution in [0.4, 0.5) is 5.69 Å². The van der Waals surface area contributed by atoms with E-state index < -0.39 is 28.0 Å². The maximum Gasteiger partial charge on any atom is 0.335 e. The second-order valence-electron chi connectivity index (χ2n) is 7.18. The van der Waals surface area contributed by atoms with Crippen molar-refractivity contribution in [2.75, 3.05) is 0 Å². The van der Waals surface area contributed by atoms with E-state index in [2.05, 4.69) is 31.4 Å². The average Bonchev–Trinajstić information content (AvgIpc) is 2.73. The van der Waals surface area contributed by atoms with Crippen molar-refractivity contribution < 1.29 is 14.8 Å². The van der Waals surface area contributed by atoms with Gasteiger partial charge in [0, 0.05) is 21.7 Å². The number of H-pyrrole nitrogens is 1. The molecule has 12 heteroatoms. The fourth-order valence-corrected chi connectivity index (χ4v) is 3.51. The molecule has 3 N–H and O–H groups in total. The van der Waals surface area contributed by atoms with Crippen LogP contribution in [0.5, 0.6) is 5.88 Å². The number of hydrogen-bond donors (Lipinski definition) is 3. The summed E-state index contributed by atoms with van der Waals surface area (Å²) in [6, 6.07) is 7.33. The van der Waals surface area contributed by atoms with Crippen LogP contribution in [0, 0.1) is 30.9 Å². The number of carbonyl (C=O) groups excluding carboxylic acids is 1. The lowest BCUT2D eigenvalue weighted by Gasteiger charge is -2.14. The molecule has 0 saturated carbocycles. The zero-order valence-corrected chi connectivity index (χ0v) is 19.3. The van der Waals surface area contributed by atoms with Gasteiger partial charge in [0.15, 0.2) is 0 Å². The van der Waals surface area contributed by atoms with Crippen LogP contribution >= 0.6 is 15.9 Å². The quantitative estimate of drug-likeness (QED) is 0.269. The summed E-state index contributed by atoms with van der Waals surface area (Å²) in [4.78, 5) is 49.5. The van der Waals surface area contributed by atoms with Crippen LogP contribution in [0.2, 0.25) is 0 Å². The summed E-state index contributed by atoms with van der Waals surface area (Å²) in [6.45, 7) is 5.07. The Morgan fingerprint density at radius 1 is 1.18 bits per heavy atom. The highest BCUT2D eigenvalue weighted by Crippen LogP contribution is 2.25. The number of benzene rings is 2. The first-order chi connectivity index (χ1) is 15.5. The molecule has 11 nitrogen and oxygen atoms in total. The standard InChI is InChI=1S/C21H18BrN5O6/c1-10-4-5-13(8-17(10)27(32)33)18(28)25-23-9-14-19(29)24-21(31)26(20(14)30)16-7-11(2)15(22)6-12(16)3/h4-9,30H,1-3H3,(H,25,28)(H,24,29,31). The molecule has 0 spiro atoms. The van der Waals surface area contributed by atoms with Crippen molar-refractivity contribution >= 4 is 33.7 Å². The first kappa shape index (κ1) is 23.6. The normalized spacial score (nSPS) is 11.0. The number of carbonyl (C=O) groups is 1. The molecular formula is C21H18BrN5O6. The lowest BCUT2D eigenvalue weighted by atomic mass is 10.1. The molecule has 0 unspecified atom stereocenters. The van der Waals surface area contributed by atoms with Crippen molar-refractivity contribution in [3.05, 3.63) is 93.6 Å². The zero-order valence-electron chi connectivity index (χ0n) is 17.7. The molecule has 1 heterocycles. The number of aromatic nitrogens is 2. The predicted molar refractivity (Wildman–Crippen MR) is 124 cm³/mol. The van der Waals surface area contributed by atoms with E-state index in [0.29, 0.717) is 16.8 Å². The number of nitro benzene ring substituents is 1. The maximum atomic E-state index is 12.4. The molecule has 1 amide bonds. The van der Waals surface area contributed by atoms with Gasteiger partial charge in [0.2, 0.25) is 5.88 Å². The molecule has 0 atom stereocenters. The first-order valence-electron chi connectivity index (χ1n) is 9.45. The minimum Gasteiger partial charge on any atom is -0.493 e. The van der Waals surface area contributed by atoms with E-state index >= 15 is 0 Å². The van der Waals surface area contributed by atoms with E-state index in [1.807, 2.05) is 0 Å². The van der Waals surface area contributed by atoms with Crippen molar-refractivity contribution in [2.24, 2.45) is 5.10 Å². The Balaban J connectivity index is 1.96. The third-order valence-electron chi connectivity index (χ3n) is 4.87. The number of nitrogens with zero attached hydrogens (tertiary/aromatic N) is 3. The molecule has 33 heavy (non-hydrogen) atoms. The minimum atomic E-state index is -0.913. The molecule has 2 aromatic carbocycles. The monoisotopic (exact) mass is 515 g/mol. The molecule has 0 bridgehead atoms. The number of hydrogen-bond acceptors (Lipinski definition) is 7. The minimum absolute atomic E-state index is 0.0199. The molecular weight excluding hydrogens is 498 g/mol. The Bertz CT molecular complexity index is 1440. The molecule has 0 fully saturated rings. The van der Waals surface area contributed by atoms with Crippen LogP contribution in [-0.2, 0) is 0 Å². The molecule has 3 aromatic rings. The third-order valence-corrected chi connectivity index (χ3v) is 5.72. The van der Waals surface area contributed by atoms with E-state index in [0.717, 1.165) is 26.9 Å². The third kappa shape index (κ3) is 4.75. The molecule has 170 valence electrons. The second-order valence-corrected chi connectivity index (χ2v) is 8.03. The van der Waals surface area contributed by atoms with Gasteiger partial charge in [-0.1, -0.05) is 22.0 Å². The highest BCUT2D eigenvalue weighted by Gasteiger charge is 2.18. The van der Waals surface area contributed by atoms with E-state index in [1.54, 1.807) is 26.0 Å². The molecule has 0 aliphatic heterocycles. The fraction of sp³-hybridized carbons (Fsp3) is 0.143. The van der Waals surface area contributed by atoms with Gasteiger partial charge < -0.3 is 5.11 Å². The Morgan fingerprint density at radius 2 is 1.88 bits per heavy atom.